The summed E-state index contributed by atoms with van der Waals surface area (Å²) in [7, 11) is 0. The van der Waals surface area contributed by atoms with Crippen LogP contribution < -0.4 is 5.32 Å². The number of esters is 1. The number of carbonyl (C=O) groups is 2. The molecule has 0 heterocycles. The van der Waals surface area contributed by atoms with Crippen LogP contribution in [0.25, 0.3) is 0 Å². The fourth-order valence-corrected chi connectivity index (χ4v) is 7.43. The normalized spacial score (nSPS) is 13.4. The van der Waals surface area contributed by atoms with E-state index in [4.69, 9.17) is 4.74 Å². The van der Waals surface area contributed by atoms with Crippen molar-refractivity contribution in [1.29, 1.82) is 0 Å². The van der Waals surface area contributed by atoms with Gasteiger partial charge in [-0.2, -0.15) is 0 Å². The van der Waals surface area contributed by atoms with Gasteiger partial charge in [-0.15, -0.1) is 0 Å². The number of rotatable bonds is 43. The smallest absolute Gasteiger partial charge is 0.306 e. The first-order valence-electron chi connectivity index (χ1n) is 23.9. The topological polar surface area (TPSA) is 95.9 Å². The Labute approximate surface area is 336 Å². The summed E-state index contributed by atoms with van der Waals surface area (Å²) in [4.78, 5) is 26.0. The summed E-state index contributed by atoms with van der Waals surface area (Å²) in [5.41, 5.74) is 0. The van der Waals surface area contributed by atoms with Crippen LogP contribution in [0.3, 0.4) is 0 Å². The number of aliphatic hydroxyl groups excluding tert-OH is 2. The molecule has 0 saturated carbocycles. The van der Waals surface area contributed by atoms with Gasteiger partial charge in [-0.1, -0.05) is 206 Å². The maximum atomic E-state index is 13.1. The highest BCUT2D eigenvalue weighted by molar-refractivity contribution is 5.77. The number of hydrogen-bond acceptors (Lipinski definition) is 5. The molecule has 0 bridgehead atoms. The standard InChI is InChI=1S/C48H93NO5/c1-4-7-10-13-16-19-22-23-24-26-29-32-35-38-41-48(53)54-44(39-36-33-30-27-21-18-15-12-9-6-3)42-47(52)49-45(43-50)46(51)40-37-34-31-28-25-20-17-14-11-8-5-2/h24,26,44-46,50-51H,4-23,25,27-43H2,1-3H3,(H,49,52)/b26-24-. The number of allylic oxidation sites excluding steroid dienone is 2. The third kappa shape index (κ3) is 37.5. The molecule has 54 heavy (non-hydrogen) atoms. The minimum absolute atomic E-state index is 0.0777. The van der Waals surface area contributed by atoms with E-state index in [0.717, 1.165) is 51.4 Å². The SMILES string of the molecule is CCCCCCCCC/C=C\CCCCCC(=O)OC(CCCCCCCCCCCC)CC(=O)NC(CO)C(O)CCCCCCCCCCCCC. The maximum absolute atomic E-state index is 13.1. The van der Waals surface area contributed by atoms with Crippen LogP contribution in [-0.4, -0.2) is 46.9 Å². The molecule has 0 aliphatic rings. The van der Waals surface area contributed by atoms with Gasteiger partial charge in [-0.05, 0) is 51.4 Å². The average molecular weight is 764 g/mol. The highest BCUT2D eigenvalue weighted by atomic mass is 16.5. The van der Waals surface area contributed by atoms with Crippen LogP contribution in [0, 0.1) is 0 Å². The van der Waals surface area contributed by atoms with Gasteiger partial charge in [0.05, 0.1) is 25.2 Å². The second-order valence-electron chi connectivity index (χ2n) is 16.5. The fraction of sp³-hybridized carbons (Fsp3) is 0.917. The van der Waals surface area contributed by atoms with Crippen molar-refractivity contribution in [2.24, 2.45) is 0 Å². The molecule has 3 atom stereocenters. The van der Waals surface area contributed by atoms with Gasteiger partial charge in [0, 0.05) is 6.42 Å². The first kappa shape index (κ1) is 52.6. The monoisotopic (exact) mass is 764 g/mol. The Morgan fingerprint density at radius 1 is 0.519 bits per heavy atom. The number of amides is 1. The number of unbranched alkanes of at least 4 members (excludes halogenated alkanes) is 29. The molecular weight excluding hydrogens is 671 g/mol. The summed E-state index contributed by atoms with van der Waals surface area (Å²) in [6.07, 6.45) is 45.5. The maximum Gasteiger partial charge on any atom is 0.306 e. The van der Waals surface area contributed by atoms with E-state index in [1.807, 2.05) is 0 Å². The number of hydrogen-bond donors (Lipinski definition) is 3. The molecule has 6 nitrogen and oxygen atoms in total. The molecule has 3 unspecified atom stereocenters. The zero-order valence-corrected chi connectivity index (χ0v) is 36.4. The molecule has 0 saturated heterocycles. The molecule has 0 fully saturated rings. The molecule has 0 spiro atoms. The molecule has 6 heteroatoms. The third-order valence-corrected chi connectivity index (χ3v) is 11.1. The second kappa shape index (κ2) is 42.7. The van der Waals surface area contributed by atoms with Gasteiger partial charge < -0.3 is 20.3 Å². The molecule has 0 aromatic rings. The Hall–Kier alpha value is -1.40. The first-order chi connectivity index (χ1) is 26.5. The molecule has 0 radical (unpaired) electrons. The highest BCUT2D eigenvalue weighted by Gasteiger charge is 2.24. The largest absolute Gasteiger partial charge is 0.462 e. The van der Waals surface area contributed by atoms with E-state index < -0.39 is 18.2 Å². The lowest BCUT2D eigenvalue weighted by molar-refractivity contribution is -0.151. The summed E-state index contributed by atoms with van der Waals surface area (Å²) in [6.45, 7) is 6.46. The molecule has 0 aromatic carbocycles. The Balaban J connectivity index is 4.54. The first-order valence-corrected chi connectivity index (χ1v) is 23.9. The van der Waals surface area contributed by atoms with Crippen LogP contribution in [0.2, 0.25) is 0 Å². The van der Waals surface area contributed by atoms with Gasteiger partial charge in [-0.3, -0.25) is 9.59 Å². The molecule has 320 valence electrons. The summed E-state index contributed by atoms with van der Waals surface area (Å²) >= 11 is 0. The fourth-order valence-electron chi connectivity index (χ4n) is 7.43. The number of ether oxygens (including phenoxy) is 1. The number of aliphatic hydroxyl groups is 2. The Bertz CT molecular complexity index is 817. The van der Waals surface area contributed by atoms with E-state index in [2.05, 4.69) is 38.2 Å². The zero-order chi connectivity index (χ0) is 39.6. The van der Waals surface area contributed by atoms with Gasteiger partial charge in [-0.25, -0.2) is 0 Å². The molecule has 0 aromatic heterocycles. The lowest BCUT2D eigenvalue weighted by Crippen LogP contribution is -2.46. The van der Waals surface area contributed by atoms with Crippen molar-refractivity contribution in [2.75, 3.05) is 6.61 Å². The highest BCUT2D eigenvalue weighted by Crippen LogP contribution is 2.18. The van der Waals surface area contributed by atoms with Crippen LogP contribution in [0.4, 0.5) is 0 Å². The van der Waals surface area contributed by atoms with Crippen molar-refractivity contribution >= 4 is 11.9 Å². The van der Waals surface area contributed by atoms with E-state index in [-0.39, 0.29) is 24.9 Å². The molecule has 0 aliphatic carbocycles. The molecule has 3 N–H and O–H groups in total. The Morgan fingerprint density at radius 3 is 1.31 bits per heavy atom. The molecule has 0 aliphatic heterocycles. The predicted octanol–water partition coefficient (Wildman–Crippen LogP) is 13.8. The van der Waals surface area contributed by atoms with Gasteiger partial charge >= 0.3 is 5.97 Å². The number of carbonyl (C=O) groups excluding carboxylic acids is 2. The quantitative estimate of drug-likeness (QED) is 0.0326. The van der Waals surface area contributed by atoms with Gasteiger partial charge in [0.15, 0.2) is 0 Å². The van der Waals surface area contributed by atoms with Crippen molar-refractivity contribution in [3.05, 3.63) is 12.2 Å². The van der Waals surface area contributed by atoms with Gasteiger partial charge in [0.1, 0.15) is 6.10 Å². The Kier molecular flexibility index (Phi) is 41.6. The number of nitrogens with one attached hydrogen (secondary N) is 1. The van der Waals surface area contributed by atoms with E-state index >= 15 is 0 Å². The predicted molar refractivity (Wildman–Crippen MR) is 232 cm³/mol. The van der Waals surface area contributed by atoms with Crippen molar-refractivity contribution in [3.63, 3.8) is 0 Å². The van der Waals surface area contributed by atoms with Crippen LogP contribution in [-0.2, 0) is 14.3 Å². The van der Waals surface area contributed by atoms with Crippen molar-refractivity contribution < 1.29 is 24.5 Å². The van der Waals surface area contributed by atoms with Crippen LogP contribution in [0.15, 0.2) is 12.2 Å². The van der Waals surface area contributed by atoms with Crippen molar-refractivity contribution in [1.82, 2.24) is 5.32 Å². The summed E-state index contributed by atoms with van der Waals surface area (Å²) < 4.78 is 5.90. The molecular formula is C48H93NO5. The lowest BCUT2D eigenvalue weighted by Gasteiger charge is -2.24. The minimum Gasteiger partial charge on any atom is -0.462 e. The second-order valence-corrected chi connectivity index (χ2v) is 16.5. The molecule has 1 amide bonds. The van der Waals surface area contributed by atoms with E-state index in [9.17, 15) is 19.8 Å². The minimum atomic E-state index is -0.782. The van der Waals surface area contributed by atoms with Gasteiger partial charge in [0.2, 0.25) is 5.91 Å². The summed E-state index contributed by atoms with van der Waals surface area (Å²) in [5, 5.41) is 23.6. The van der Waals surface area contributed by atoms with E-state index in [1.165, 1.54) is 161 Å². The Morgan fingerprint density at radius 2 is 0.889 bits per heavy atom. The third-order valence-electron chi connectivity index (χ3n) is 11.1. The van der Waals surface area contributed by atoms with Crippen molar-refractivity contribution in [3.8, 4) is 0 Å². The van der Waals surface area contributed by atoms with E-state index in [1.54, 1.807) is 0 Å². The van der Waals surface area contributed by atoms with E-state index in [0.29, 0.717) is 19.3 Å². The lowest BCUT2D eigenvalue weighted by atomic mass is 10.0. The van der Waals surface area contributed by atoms with Crippen LogP contribution in [0.1, 0.15) is 258 Å². The van der Waals surface area contributed by atoms with Crippen molar-refractivity contribution in [2.45, 2.75) is 277 Å². The zero-order valence-electron chi connectivity index (χ0n) is 36.4. The average Bonchev–Trinajstić information content (AvgIpc) is 3.16. The molecule has 0 rings (SSSR count). The summed E-state index contributed by atoms with van der Waals surface area (Å²) in [5.74, 6) is -0.482. The van der Waals surface area contributed by atoms with Crippen LogP contribution >= 0.6 is 0 Å². The van der Waals surface area contributed by atoms with Gasteiger partial charge in [0.25, 0.3) is 0 Å². The van der Waals surface area contributed by atoms with Crippen LogP contribution in [0.5, 0.6) is 0 Å². The summed E-state index contributed by atoms with van der Waals surface area (Å²) in [6, 6.07) is -0.695.